The van der Waals surface area contributed by atoms with Gasteiger partial charge in [0.2, 0.25) is 5.91 Å². The van der Waals surface area contributed by atoms with Gasteiger partial charge in [-0.2, -0.15) is 0 Å². The molecule has 0 radical (unpaired) electrons. The van der Waals surface area contributed by atoms with Gasteiger partial charge in [0.05, 0.1) is 19.3 Å². The van der Waals surface area contributed by atoms with Crippen molar-refractivity contribution in [3.63, 3.8) is 0 Å². The third-order valence-corrected chi connectivity index (χ3v) is 7.12. The topological polar surface area (TPSA) is 105 Å². The predicted molar refractivity (Wildman–Crippen MR) is 133 cm³/mol. The largest absolute Gasteiger partial charge is 0.486 e. The summed E-state index contributed by atoms with van der Waals surface area (Å²) in [7, 11) is 1.28. The van der Waals surface area contributed by atoms with Crippen LogP contribution in [-0.2, 0) is 20.7 Å². The molecule has 6 atom stereocenters. The van der Waals surface area contributed by atoms with Crippen molar-refractivity contribution in [2.75, 3.05) is 13.7 Å². The molecule has 7 heteroatoms. The van der Waals surface area contributed by atoms with Crippen molar-refractivity contribution >= 4 is 11.9 Å². The number of fused-ring (bicyclic) bond motifs is 3. The first kappa shape index (κ1) is 26.8. The minimum atomic E-state index is -0.631. The second-order valence-electron chi connectivity index (χ2n) is 9.77. The Morgan fingerprint density at radius 2 is 2.17 bits per heavy atom. The lowest BCUT2D eigenvalue weighted by atomic mass is 9.81. The van der Waals surface area contributed by atoms with Crippen molar-refractivity contribution in [1.82, 2.24) is 5.32 Å². The number of methoxy groups -OCH3 is 1. The van der Waals surface area contributed by atoms with Crippen molar-refractivity contribution in [3.05, 3.63) is 41.5 Å². The number of ether oxygens (including phenoxy) is 2. The lowest BCUT2D eigenvalue weighted by Gasteiger charge is -2.25. The van der Waals surface area contributed by atoms with Crippen LogP contribution in [0.3, 0.4) is 0 Å². The van der Waals surface area contributed by atoms with E-state index in [0.29, 0.717) is 32.1 Å². The molecular formula is C28H37NO6. The molecule has 1 aromatic carbocycles. The van der Waals surface area contributed by atoms with Gasteiger partial charge in [0, 0.05) is 36.7 Å². The number of hydrogen-bond acceptors (Lipinski definition) is 6. The molecule has 1 aliphatic carbocycles. The summed E-state index contributed by atoms with van der Waals surface area (Å²) in [6.45, 7) is 5.66. The Balaban J connectivity index is 1.69. The number of esters is 1. The van der Waals surface area contributed by atoms with Gasteiger partial charge >= 0.3 is 5.97 Å². The summed E-state index contributed by atoms with van der Waals surface area (Å²) in [6.07, 6.45) is 5.23. The normalized spacial score (nSPS) is 26.2. The van der Waals surface area contributed by atoms with Gasteiger partial charge < -0.3 is 25.0 Å². The highest BCUT2D eigenvalue weighted by Crippen LogP contribution is 2.57. The van der Waals surface area contributed by atoms with E-state index in [9.17, 15) is 19.8 Å². The smallest absolute Gasteiger partial charge is 0.325 e. The molecule has 3 N–H and O–H groups in total. The van der Waals surface area contributed by atoms with Crippen molar-refractivity contribution in [1.29, 1.82) is 0 Å². The van der Waals surface area contributed by atoms with E-state index in [2.05, 4.69) is 21.9 Å². The van der Waals surface area contributed by atoms with Crippen LogP contribution in [0.25, 0.3) is 0 Å². The first-order valence-electron chi connectivity index (χ1n) is 12.3. The summed E-state index contributed by atoms with van der Waals surface area (Å²) in [4.78, 5) is 23.2. The fraction of sp³-hybridized carbons (Fsp3) is 0.571. The summed E-state index contributed by atoms with van der Waals surface area (Å²) >= 11 is 0. The maximum atomic E-state index is 12.0. The zero-order chi connectivity index (χ0) is 25.6. The Morgan fingerprint density at radius 3 is 2.89 bits per heavy atom. The Bertz CT molecular complexity index is 1010. The second kappa shape index (κ2) is 11.7. The number of carbonyl (C=O) groups excluding carboxylic acids is 2. The summed E-state index contributed by atoms with van der Waals surface area (Å²) in [5.74, 6) is 5.85. The van der Waals surface area contributed by atoms with E-state index in [1.54, 1.807) is 13.0 Å². The Morgan fingerprint density at radius 1 is 1.40 bits per heavy atom. The number of hydrogen-bond donors (Lipinski definition) is 3. The van der Waals surface area contributed by atoms with Gasteiger partial charge in [-0.1, -0.05) is 37.3 Å². The van der Waals surface area contributed by atoms with Crippen LogP contribution in [0.1, 0.15) is 63.5 Å². The molecule has 0 saturated heterocycles. The van der Waals surface area contributed by atoms with Gasteiger partial charge in [0.1, 0.15) is 17.9 Å². The zero-order valence-corrected chi connectivity index (χ0v) is 21.0. The van der Waals surface area contributed by atoms with Crippen LogP contribution in [-0.4, -0.2) is 53.6 Å². The monoisotopic (exact) mass is 483 g/mol. The van der Waals surface area contributed by atoms with Crippen LogP contribution in [0.2, 0.25) is 0 Å². The number of benzene rings is 1. The molecule has 0 bridgehead atoms. The third kappa shape index (κ3) is 6.25. The number of aliphatic hydroxyl groups excluding tert-OH is 2. The van der Waals surface area contributed by atoms with Gasteiger partial charge in [-0.05, 0) is 38.2 Å². The maximum absolute atomic E-state index is 12.0. The van der Waals surface area contributed by atoms with Crippen LogP contribution in [0, 0.1) is 23.7 Å². The van der Waals surface area contributed by atoms with Crippen LogP contribution in [0.5, 0.6) is 5.75 Å². The lowest BCUT2D eigenvalue weighted by Crippen LogP contribution is -2.31. The van der Waals surface area contributed by atoms with E-state index in [0.717, 1.165) is 16.9 Å². The summed E-state index contributed by atoms with van der Waals surface area (Å²) in [5, 5.41) is 23.9. The number of rotatable bonds is 10. The standard InChI is InChI=1S/C28H37NO6/c1-5-6-9-18(2)22(30)15-14-20-23(31)16-28(3)26(20)21-12-7-10-19(27(21)35-28)11-8-13-24(32)29-17-25(33)34-4/h7,10,12,14-15,18,20,22-23,26,30-31H,8-9,11,13,16-17H2,1-4H3,(H,29,32)/b15-14+/t18-,20-,22+,23+,26-,28-/m0/s1. The molecule has 1 amide bonds. The molecule has 35 heavy (non-hydrogen) atoms. The highest BCUT2D eigenvalue weighted by atomic mass is 16.5. The molecule has 1 aromatic rings. The molecule has 0 spiro atoms. The van der Waals surface area contributed by atoms with Crippen LogP contribution < -0.4 is 10.1 Å². The van der Waals surface area contributed by atoms with Gasteiger partial charge in [0.25, 0.3) is 0 Å². The Labute approximate surface area is 207 Å². The minimum Gasteiger partial charge on any atom is -0.486 e. The molecule has 1 heterocycles. The first-order valence-corrected chi connectivity index (χ1v) is 12.3. The minimum absolute atomic E-state index is 0.00663. The Kier molecular flexibility index (Phi) is 8.98. The highest BCUT2D eigenvalue weighted by Gasteiger charge is 2.56. The average molecular weight is 484 g/mol. The average Bonchev–Trinajstić information content (AvgIpc) is 3.26. The fourth-order valence-electron chi connectivity index (χ4n) is 5.18. The van der Waals surface area contributed by atoms with E-state index in [1.165, 1.54) is 7.11 Å². The van der Waals surface area contributed by atoms with Crippen molar-refractivity contribution < 1.29 is 29.3 Å². The third-order valence-electron chi connectivity index (χ3n) is 7.12. The number of para-hydroxylation sites is 1. The second-order valence-corrected chi connectivity index (χ2v) is 9.77. The summed E-state index contributed by atoms with van der Waals surface area (Å²) in [6, 6.07) is 6.05. The van der Waals surface area contributed by atoms with Crippen LogP contribution in [0.4, 0.5) is 0 Å². The number of nitrogens with one attached hydrogen (secondary N) is 1. The highest BCUT2D eigenvalue weighted by molar-refractivity contribution is 5.81. The van der Waals surface area contributed by atoms with E-state index in [4.69, 9.17) is 4.74 Å². The van der Waals surface area contributed by atoms with E-state index >= 15 is 0 Å². The molecule has 7 nitrogen and oxygen atoms in total. The SMILES string of the molecule is CC#CC[C@H](C)[C@H](O)/C=C/[C@H]1[C@H](O)C[C@]2(C)Oc3c(CCCC(=O)NCC(=O)OC)cccc3[C@H]12. The van der Waals surface area contributed by atoms with Gasteiger partial charge in [0.15, 0.2) is 0 Å². The molecule has 1 fully saturated rings. The number of carbonyl (C=O) groups is 2. The van der Waals surface area contributed by atoms with Crippen molar-refractivity contribution in [2.45, 2.75) is 76.6 Å². The zero-order valence-electron chi connectivity index (χ0n) is 21.0. The number of amides is 1. The quantitative estimate of drug-likeness (QED) is 0.269. The first-order chi connectivity index (χ1) is 16.7. The van der Waals surface area contributed by atoms with Crippen LogP contribution >= 0.6 is 0 Å². The number of aryl methyl sites for hydroxylation is 1. The molecule has 0 aromatic heterocycles. The van der Waals surface area contributed by atoms with E-state index < -0.39 is 23.8 Å². The maximum Gasteiger partial charge on any atom is 0.325 e. The molecular weight excluding hydrogens is 446 g/mol. The molecule has 3 rings (SSSR count). The lowest BCUT2D eigenvalue weighted by molar-refractivity contribution is -0.141. The predicted octanol–water partition coefficient (Wildman–Crippen LogP) is 2.88. The fourth-order valence-corrected chi connectivity index (χ4v) is 5.18. The van der Waals surface area contributed by atoms with Crippen LogP contribution in [0.15, 0.2) is 30.4 Å². The van der Waals surface area contributed by atoms with Gasteiger partial charge in [-0.3, -0.25) is 9.59 Å². The van der Waals surface area contributed by atoms with Gasteiger partial charge in [-0.25, -0.2) is 0 Å². The van der Waals surface area contributed by atoms with Crippen molar-refractivity contribution in [3.8, 4) is 17.6 Å². The molecule has 0 unspecified atom stereocenters. The summed E-state index contributed by atoms with van der Waals surface area (Å²) < 4.78 is 11.0. The molecule has 1 saturated carbocycles. The Hall–Kier alpha value is -2.82. The number of aliphatic hydroxyl groups is 2. The molecule has 1 aliphatic heterocycles. The summed E-state index contributed by atoms with van der Waals surface area (Å²) in [5.41, 5.74) is 1.56. The van der Waals surface area contributed by atoms with Gasteiger partial charge in [-0.15, -0.1) is 11.8 Å². The molecule has 2 aliphatic rings. The van der Waals surface area contributed by atoms with E-state index in [1.807, 2.05) is 38.1 Å². The van der Waals surface area contributed by atoms with Crippen molar-refractivity contribution in [2.24, 2.45) is 11.8 Å². The van der Waals surface area contributed by atoms with E-state index in [-0.39, 0.29) is 30.2 Å². The molecule has 190 valence electrons.